The number of aliphatic hydroxyl groups is 1. The quantitative estimate of drug-likeness (QED) is 0.945. The molecule has 0 bridgehead atoms. The first-order valence-corrected chi connectivity index (χ1v) is 7.44. The van der Waals surface area contributed by atoms with Crippen molar-refractivity contribution in [1.82, 2.24) is 4.90 Å². The van der Waals surface area contributed by atoms with Crippen LogP contribution in [0.4, 0.5) is 8.78 Å². The Morgan fingerprint density at radius 3 is 2.91 bits per heavy atom. The smallest absolute Gasteiger partial charge is 0.254 e. The van der Waals surface area contributed by atoms with Crippen molar-refractivity contribution >= 4 is 5.91 Å². The Morgan fingerprint density at radius 1 is 1.39 bits per heavy atom. The molecule has 23 heavy (non-hydrogen) atoms. The van der Waals surface area contributed by atoms with Crippen LogP contribution in [0.3, 0.4) is 0 Å². The number of aliphatic hydroxyl groups excluding tert-OH is 1. The van der Waals surface area contributed by atoms with Crippen molar-refractivity contribution in [2.45, 2.75) is 18.5 Å². The molecule has 1 saturated heterocycles. The number of hydrogen-bond donors (Lipinski definition) is 1. The molecular weight excluding hydrogens is 304 g/mol. The van der Waals surface area contributed by atoms with E-state index in [9.17, 15) is 18.7 Å². The van der Waals surface area contributed by atoms with Gasteiger partial charge in [0.15, 0.2) is 5.67 Å². The van der Waals surface area contributed by atoms with Crippen molar-refractivity contribution in [2.75, 3.05) is 19.7 Å². The Kier molecular flexibility index (Phi) is 4.17. The molecule has 0 radical (unpaired) electrons. The summed E-state index contributed by atoms with van der Waals surface area (Å²) >= 11 is 0. The fourth-order valence-electron chi connectivity index (χ4n) is 2.92. The molecule has 3 rings (SSSR count). The van der Waals surface area contributed by atoms with E-state index < -0.39 is 24.0 Å². The predicted molar refractivity (Wildman–Crippen MR) is 80.2 cm³/mol. The molecule has 1 aliphatic rings. The van der Waals surface area contributed by atoms with Gasteiger partial charge in [-0.15, -0.1) is 0 Å². The molecule has 1 fully saturated rings. The summed E-state index contributed by atoms with van der Waals surface area (Å²) < 4.78 is 33.0. The normalized spacial score (nSPS) is 21.4. The maximum absolute atomic E-state index is 14.3. The minimum Gasteiger partial charge on any atom is -0.472 e. The van der Waals surface area contributed by atoms with Crippen LogP contribution in [0, 0.1) is 5.82 Å². The van der Waals surface area contributed by atoms with E-state index in [0.29, 0.717) is 24.1 Å². The molecule has 6 heteroatoms. The number of carbonyl (C=O) groups is 1. The van der Waals surface area contributed by atoms with E-state index in [0.717, 1.165) is 6.07 Å². The summed E-state index contributed by atoms with van der Waals surface area (Å²) in [6.07, 6.45) is 3.60. The SMILES string of the molecule is O=C(c1cc(F)ccc1-c1ccoc1)N1CCCC(F)(CO)C1. The van der Waals surface area contributed by atoms with E-state index >= 15 is 0 Å². The van der Waals surface area contributed by atoms with Gasteiger partial charge in [-0.2, -0.15) is 0 Å². The fraction of sp³-hybridized carbons (Fsp3) is 0.353. The third kappa shape index (κ3) is 3.12. The van der Waals surface area contributed by atoms with Crippen LogP contribution in [0.1, 0.15) is 23.2 Å². The van der Waals surface area contributed by atoms with Gasteiger partial charge < -0.3 is 14.4 Å². The summed E-state index contributed by atoms with van der Waals surface area (Å²) in [4.78, 5) is 14.1. The predicted octanol–water partition coefficient (Wildman–Crippen LogP) is 3.02. The first-order valence-electron chi connectivity index (χ1n) is 7.44. The molecule has 1 atom stereocenters. The average molecular weight is 321 g/mol. The number of rotatable bonds is 3. The van der Waals surface area contributed by atoms with Gasteiger partial charge in [-0.1, -0.05) is 6.07 Å². The Morgan fingerprint density at radius 2 is 2.22 bits per heavy atom. The molecule has 0 spiro atoms. The molecule has 1 unspecified atom stereocenters. The molecule has 1 N–H and O–H groups in total. The van der Waals surface area contributed by atoms with Gasteiger partial charge in [0.2, 0.25) is 0 Å². The van der Waals surface area contributed by atoms with Crippen molar-refractivity contribution in [2.24, 2.45) is 0 Å². The van der Waals surface area contributed by atoms with Crippen LogP contribution in [-0.2, 0) is 0 Å². The second kappa shape index (κ2) is 6.12. The number of piperidine rings is 1. The second-order valence-electron chi connectivity index (χ2n) is 5.84. The lowest BCUT2D eigenvalue weighted by molar-refractivity contribution is 0.00175. The summed E-state index contributed by atoms with van der Waals surface area (Å²) in [5.41, 5.74) is -0.450. The number of hydrogen-bond acceptors (Lipinski definition) is 3. The van der Waals surface area contributed by atoms with Gasteiger partial charge in [0.1, 0.15) is 5.82 Å². The summed E-state index contributed by atoms with van der Waals surface area (Å²) in [6.45, 7) is -0.440. The number of benzene rings is 1. The highest BCUT2D eigenvalue weighted by Gasteiger charge is 2.37. The first kappa shape index (κ1) is 15.7. The molecule has 0 aliphatic carbocycles. The van der Waals surface area contributed by atoms with Crippen molar-refractivity contribution in [3.8, 4) is 11.1 Å². The summed E-state index contributed by atoms with van der Waals surface area (Å²) in [5, 5.41) is 9.18. The van der Waals surface area contributed by atoms with Gasteiger partial charge in [-0.05, 0) is 36.6 Å². The van der Waals surface area contributed by atoms with E-state index in [4.69, 9.17) is 4.42 Å². The van der Waals surface area contributed by atoms with Crippen LogP contribution in [0.5, 0.6) is 0 Å². The second-order valence-corrected chi connectivity index (χ2v) is 5.84. The lowest BCUT2D eigenvalue weighted by Crippen LogP contribution is -2.49. The van der Waals surface area contributed by atoms with Gasteiger partial charge in [0.25, 0.3) is 5.91 Å². The minimum atomic E-state index is -1.79. The molecule has 0 saturated carbocycles. The van der Waals surface area contributed by atoms with Crippen LogP contribution in [0.2, 0.25) is 0 Å². The molecule has 1 aromatic carbocycles. The fourth-order valence-corrected chi connectivity index (χ4v) is 2.92. The van der Waals surface area contributed by atoms with Crippen molar-refractivity contribution in [1.29, 1.82) is 0 Å². The number of carbonyl (C=O) groups excluding carboxylic acids is 1. The number of likely N-dealkylation sites (tertiary alicyclic amines) is 1. The van der Waals surface area contributed by atoms with E-state index in [-0.39, 0.29) is 18.5 Å². The van der Waals surface area contributed by atoms with Gasteiger partial charge >= 0.3 is 0 Å². The van der Waals surface area contributed by atoms with Gasteiger partial charge in [0, 0.05) is 12.1 Å². The van der Waals surface area contributed by atoms with Crippen LogP contribution >= 0.6 is 0 Å². The maximum Gasteiger partial charge on any atom is 0.254 e. The Balaban J connectivity index is 1.95. The average Bonchev–Trinajstić information content (AvgIpc) is 3.08. The van der Waals surface area contributed by atoms with Crippen molar-refractivity contribution in [3.05, 3.63) is 48.2 Å². The summed E-state index contributed by atoms with van der Waals surface area (Å²) in [7, 11) is 0. The van der Waals surface area contributed by atoms with E-state index in [1.807, 2.05) is 0 Å². The molecule has 1 amide bonds. The van der Waals surface area contributed by atoms with E-state index in [1.54, 1.807) is 6.07 Å². The minimum absolute atomic E-state index is 0.161. The molecule has 122 valence electrons. The highest BCUT2D eigenvalue weighted by atomic mass is 19.1. The largest absolute Gasteiger partial charge is 0.472 e. The molecular formula is C17H17F2NO3. The number of alkyl halides is 1. The first-order chi connectivity index (χ1) is 11.0. The lowest BCUT2D eigenvalue weighted by Gasteiger charge is -2.36. The Labute approximate surface area is 132 Å². The lowest BCUT2D eigenvalue weighted by atomic mass is 9.94. The van der Waals surface area contributed by atoms with E-state index in [2.05, 4.69) is 0 Å². The topological polar surface area (TPSA) is 53.7 Å². The maximum atomic E-state index is 14.3. The van der Waals surface area contributed by atoms with Crippen LogP contribution in [-0.4, -0.2) is 41.3 Å². The van der Waals surface area contributed by atoms with Crippen LogP contribution in [0.15, 0.2) is 41.2 Å². The Bertz CT molecular complexity index is 702. The third-order valence-corrected chi connectivity index (χ3v) is 4.14. The van der Waals surface area contributed by atoms with Gasteiger partial charge in [0.05, 0.1) is 31.2 Å². The summed E-state index contributed by atoms with van der Waals surface area (Å²) in [6, 6.07) is 5.60. The zero-order valence-corrected chi connectivity index (χ0v) is 12.5. The zero-order valence-electron chi connectivity index (χ0n) is 12.5. The van der Waals surface area contributed by atoms with Gasteiger partial charge in [-0.3, -0.25) is 4.79 Å². The van der Waals surface area contributed by atoms with E-state index in [1.165, 1.54) is 29.6 Å². The molecule has 1 aliphatic heterocycles. The standard InChI is InChI=1S/C17H17F2NO3/c18-13-2-3-14(12-4-7-23-9-12)15(8-13)16(22)20-6-1-5-17(19,10-20)11-21/h2-4,7-9,21H,1,5-6,10-11H2. The number of amides is 1. The zero-order chi connectivity index (χ0) is 16.4. The van der Waals surface area contributed by atoms with Gasteiger partial charge in [-0.25, -0.2) is 8.78 Å². The molecule has 2 heterocycles. The Hall–Kier alpha value is -2.21. The molecule has 1 aromatic heterocycles. The number of furan rings is 1. The van der Waals surface area contributed by atoms with Crippen LogP contribution in [0.25, 0.3) is 11.1 Å². The van der Waals surface area contributed by atoms with Crippen molar-refractivity contribution in [3.63, 3.8) is 0 Å². The number of halogens is 2. The number of nitrogens with zero attached hydrogens (tertiary/aromatic N) is 1. The van der Waals surface area contributed by atoms with Crippen molar-refractivity contribution < 1.29 is 23.1 Å². The monoisotopic (exact) mass is 321 g/mol. The molecule has 2 aromatic rings. The highest BCUT2D eigenvalue weighted by molar-refractivity contribution is 6.01. The third-order valence-electron chi connectivity index (χ3n) is 4.14. The van der Waals surface area contributed by atoms with Crippen LogP contribution < -0.4 is 0 Å². The molecule has 4 nitrogen and oxygen atoms in total. The summed E-state index contributed by atoms with van der Waals surface area (Å²) in [5.74, 6) is -0.984. The highest BCUT2D eigenvalue weighted by Crippen LogP contribution is 2.30.